The van der Waals surface area contributed by atoms with Crippen molar-refractivity contribution >= 4 is 11.8 Å². The van der Waals surface area contributed by atoms with E-state index in [1.165, 1.54) is 6.08 Å². The van der Waals surface area contributed by atoms with Crippen LogP contribution < -0.4 is 0 Å². The molecule has 2 saturated heterocycles. The van der Waals surface area contributed by atoms with E-state index < -0.39 is 29.9 Å². The van der Waals surface area contributed by atoms with Crippen molar-refractivity contribution in [1.29, 1.82) is 0 Å². The number of rotatable bonds is 4. The maximum Gasteiger partial charge on any atom is 0.346 e. The van der Waals surface area contributed by atoms with Gasteiger partial charge in [-0.15, -0.1) is 0 Å². The summed E-state index contributed by atoms with van der Waals surface area (Å²) in [6.45, 7) is 1.20. The van der Waals surface area contributed by atoms with E-state index in [-0.39, 0.29) is 18.8 Å². The van der Waals surface area contributed by atoms with E-state index in [1.807, 2.05) is 6.92 Å². The SMILES string of the molecule is CC1OC1/C=C/C(=O)C1(O)C(=O)OCC1CO. The van der Waals surface area contributed by atoms with Gasteiger partial charge < -0.3 is 19.7 Å². The minimum absolute atomic E-state index is 0.0536. The Morgan fingerprint density at radius 2 is 2.29 bits per heavy atom. The number of esters is 1. The van der Waals surface area contributed by atoms with E-state index >= 15 is 0 Å². The predicted molar refractivity (Wildman–Crippen MR) is 55.0 cm³/mol. The Balaban J connectivity index is 2.10. The van der Waals surface area contributed by atoms with Gasteiger partial charge in [-0.1, -0.05) is 0 Å². The average molecular weight is 242 g/mol. The van der Waals surface area contributed by atoms with E-state index in [4.69, 9.17) is 9.84 Å². The number of ether oxygens (including phenoxy) is 2. The molecule has 0 radical (unpaired) electrons. The highest BCUT2D eigenvalue weighted by Gasteiger charge is 2.55. The largest absolute Gasteiger partial charge is 0.463 e. The second kappa shape index (κ2) is 4.21. The minimum atomic E-state index is -2.26. The highest BCUT2D eigenvalue weighted by molar-refractivity contribution is 6.13. The molecule has 0 aromatic heterocycles. The highest BCUT2D eigenvalue weighted by Crippen LogP contribution is 2.29. The number of hydrogen-bond acceptors (Lipinski definition) is 6. The van der Waals surface area contributed by atoms with E-state index in [9.17, 15) is 14.7 Å². The van der Waals surface area contributed by atoms with Crippen molar-refractivity contribution in [2.75, 3.05) is 13.2 Å². The van der Waals surface area contributed by atoms with Crippen molar-refractivity contribution in [2.24, 2.45) is 5.92 Å². The summed E-state index contributed by atoms with van der Waals surface area (Å²) in [5.74, 6) is -2.69. The first-order valence-electron chi connectivity index (χ1n) is 5.38. The van der Waals surface area contributed by atoms with Gasteiger partial charge in [0, 0.05) is 0 Å². The first-order valence-corrected chi connectivity index (χ1v) is 5.38. The summed E-state index contributed by atoms with van der Waals surface area (Å²) >= 11 is 0. The van der Waals surface area contributed by atoms with E-state index in [0.29, 0.717) is 0 Å². The van der Waals surface area contributed by atoms with Crippen LogP contribution in [0.1, 0.15) is 6.92 Å². The number of cyclic esters (lactones) is 1. The molecule has 2 rings (SSSR count). The molecule has 2 fully saturated rings. The standard InChI is InChI=1S/C11H14O6/c1-6-8(17-6)2-3-9(13)11(15)7(4-12)5-16-10(11)14/h2-3,6-8,12,15H,4-5H2,1H3/b3-2+. The smallest absolute Gasteiger partial charge is 0.346 e. The van der Waals surface area contributed by atoms with Crippen LogP contribution >= 0.6 is 0 Å². The monoisotopic (exact) mass is 242 g/mol. The first-order chi connectivity index (χ1) is 8.00. The van der Waals surface area contributed by atoms with Crippen molar-refractivity contribution < 1.29 is 29.3 Å². The molecular formula is C11H14O6. The fraction of sp³-hybridized carbons (Fsp3) is 0.636. The summed E-state index contributed by atoms with van der Waals surface area (Å²) in [5, 5.41) is 19.0. The summed E-state index contributed by atoms with van der Waals surface area (Å²) < 4.78 is 9.66. The number of ketones is 1. The van der Waals surface area contributed by atoms with Crippen LogP contribution in [0.2, 0.25) is 0 Å². The number of carbonyl (C=O) groups is 2. The van der Waals surface area contributed by atoms with Crippen LogP contribution in [0.25, 0.3) is 0 Å². The van der Waals surface area contributed by atoms with Gasteiger partial charge in [-0.05, 0) is 19.1 Å². The normalized spacial score (nSPS) is 40.6. The molecule has 0 amide bonds. The van der Waals surface area contributed by atoms with Crippen LogP contribution in [-0.2, 0) is 19.1 Å². The summed E-state index contributed by atoms with van der Waals surface area (Å²) in [5.41, 5.74) is -2.26. The van der Waals surface area contributed by atoms with Gasteiger partial charge in [0.05, 0.1) is 18.6 Å². The molecule has 4 unspecified atom stereocenters. The van der Waals surface area contributed by atoms with Crippen LogP contribution in [-0.4, -0.2) is 53.0 Å². The Bertz CT molecular complexity index is 376. The molecule has 0 saturated carbocycles. The van der Waals surface area contributed by atoms with Gasteiger partial charge in [0.25, 0.3) is 0 Å². The fourth-order valence-electron chi connectivity index (χ4n) is 1.77. The molecule has 6 nitrogen and oxygen atoms in total. The lowest BCUT2D eigenvalue weighted by molar-refractivity contribution is -0.160. The molecule has 0 spiro atoms. The number of carbonyl (C=O) groups excluding carboxylic acids is 2. The van der Waals surface area contributed by atoms with Crippen LogP contribution in [0.5, 0.6) is 0 Å². The van der Waals surface area contributed by atoms with Crippen molar-refractivity contribution in [2.45, 2.75) is 24.7 Å². The van der Waals surface area contributed by atoms with Crippen molar-refractivity contribution in [3.8, 4) is 0 Å². The highest BCUT2D eigenvalue weighted by atomic mass is 16.6. The second-order valence-corrected chi connectivity index (χ2v) is 4.27. The van der Waals surface area contributed by atoms with Gasteiger partial charge in [-0.25, -0.2) is 4.79 Å². The third-order valence-corrected chi connectivity index (χ3v) is 3.11. The summed E-state index contributed by atoms with van der Waals surface area (Å²) in [6, 6.07) is 0. The Kier molecular flexibility index (Phi) is 3.03. The molecular weight excluding hydrogens is 228 g/mol. The second-order valence-electron chi connectivity index (χ2n) is 4.27. The molecule has 0 aromatic rings. The lowest BCUT2D eigenvalue weighted by Crippen LogP contribution is -2.49. The van der Waals surface area contributed by atoms with Crippen LogP contribution in [0.15, 0.2) is 12.2 Å². The molecule has 94 valence electrons. The fourth-order valence-corrected chi connectivity index (χ4v) is 1.77. The third kappa shape index (κ3) is 1.99. The zero-order valence-corrected chi connectivity index (χ0v) is 9.33. The third-order valence-electron chi connectivity index (χ3n) is 3.11. The predicted octanol–water partition coefficient (Wildman–Crippen LogP) is -1.20. The molecule has 17 heavy (non-hydrogen) atoms. The number of aliphatic hydroxyl groups is 2. The number of aliphatic hydroxyl groups excluding tert-OH is 1. The molecule has 2 N–H and O–H groups in total. The summed E-state index contributed by atoms with van der Waals surface area (Å²) in [7, 11) is 0. The molecule has 2 aliphatic rings. The zero-order valence-electron chi connectivity index (χ0n) is 9.33. The van der Waals surface area contributed by atoms with Crippen LogP contribution in [0, 0.1) is 5.92 Å². The molecule has 0 aliphatic carbocycles. The average Bonchev–Trinajstić information content (AvgIpc) is 2.93. The Morgan fingerprint density at radius 1 is 1.65 bits per heavy atom. The van der Waals surface area contributed by atoms with E-state index in [2.05, 4.69) is 4.74 Å². The van der Waals surface area contributed by atoms with Gasteiger partial charge in [-0.3, -0.25) is 4.79 Å². The molecule has 6 heteroatoms. The summed E-state index contributed by atoms with van der Waals surface area (Å²) in [4.78, 5) is 23.1. The van der Waals surface area contributed by atoms with Gasteiger partial charge in [-0.2, -0.15) is 0 Å². The Labute approximate surface area is 97.8 Å². The number of hydrogen-bond donors (Lipinski definition) is 2. The lowest BCUT2D eigenvalue weighted by Gasteiger charge is -2.20. The molecule has 0 aromatic carbocycles. The van der Waals surface area contributed by atoms with Gasteiger partial charge in [0.2, 0.25) is 5.60 Å². The van der Waals surface area contributed by atoms with Gasteiger partial charge >= 0.3 is 5.97 Å². The minimum Gasteiger partial charge on any atom is -0.463 e. The maximum absolute atomic E-state index is 11.8. The Hall–Kier alpha value is -1.24. The zero-order chi connectivity index (χ0) is 12.6. The molecule has 4 atom stereocenters. The summed E-state index contributed by atoms with van der Waals surface area (Å²) in [6.07, 6.45) is 2.51. The van der Waals surface area contributed by atoms with Crippen molar-refractivity contribution in [3.63, 3.8) is 0 Å². The maximum atomic E-state index is 11.8. The van der Waals surface area contributed by atoms with Gasteiger partial charge in [0.1, 0.15) is 12.7 Å². The number of epoxide rings is 1. The molecule has 2 aliphatic heterocycles. The van der Waals surface area contributed by atoms with Crippen LogP contribution in [0.3, 0.4) is 0 Å². The van der Waals surface area contributed by atoms with E-state index in [1.54, 1.807) is 0 Å². The van der Waals surface area contributed by atoms with Gasteiger partial charge in [0.15, 0.2) is 5.78 Å². The lowest BCUT2D eigenvalue weighted by atomic mass is 9.86. The van der Waals surface area contributed by atoms with Crippen molar-refractivity contribution in [3.05, 3.63) is 12.2 Å². The molecule has 0 bridgehead atoms. The first kappa shape index (κ1) is 12.2. The topological polar surface area (TPSA) is 96.4 Å². The quantitative estimate of drug-likeness (QED) is 0.278. The van der Waals surface area contributed by atoms with E-state index in [0.717, 1.165) is 6.08 Å². The molecule has 2 heterocycles. The Morgan fingerprint density at radius 3 is 2.82 bits per heavy atom. The van der Waals surface area contributed by atoms with Crippen LogP contribution in [0.4, 0.5) is 0 Å². The van der Waals surface area contributed by atoms with Crippen molar-refractivity contribution in [1.82, 2.24) is 0 Å².